The van der Waals surface area contributed by atoms with Gasteiger partial charge < -0.3 is 24.5 Å². The van der Waals surface area contributed by atoms with Crippen LogP contribution >= 0.6 is 0 Å². The second-order valence-electron chi connectivity index (χ2n) is 6.98. The van der Waals surface area contributed by atoms with Crippen LogP contribution < -0.4 is 25.1 Å². The number of carbonyl (C=O) groups excluding carboxylic acids is 1. The maximum Gasteiger partial charge on any atom is 0.261 e. The SMILES string of the molecule is COc1cc2nccc(Oc3ccc(NC(=O)c4c(C)cc[nH]c4=O)cc3)c2cc1OC. The molecule has 4 aromatic rings. The highest BCUT2D eigenvalue weighted by atomic mass is 16.5. The summed E-state index contributed by atoms with van der Waals surface area (Å²) in [6.07, 6.45) is 3.16. The van der Waals surface area contributed by atoms with E-state index in [0.29, 0.717) is 39.8 Å². The summed E-state index contributed by atoms with van der Waals surface area (Å²) in [5, 5.41) is 3.50. The van der Waals surface area contributed by atoms with Crippen LogP contribution in [0.15, 0.2) is 65.7 Å². The van der Waals surface area contributed by atoms with Crippen LogP contribution in [0.25, 0.3) is 10.9 Å². The number of rotatable bonds is 6. The predicted molar refractivity (Wildman–Crippen MR) is 121 cm³/mol. The Bertz CT molecular complexity index is 1350. The Morgan fingerprint density at radius 1 is 0.969 bits per heavy atom. The average Bonchev–Trinajstić information content (AvgIpc) is 2.79. The third kappa shape index (κ3) is 4.11. The number of aryl methyl sites for hydroxylation is 1. The van der Waals surface area contributed by atoms with Crippen molar-refractivity contribution in [2.75, 3.05) is 19.5 Å². The van der Waals surface area contributed by atoms with Crippen LogP contribution in [-0.4, -0.2) is 30.1 Å². The lowest BCUT2D eigenvalue weighted by atomic mass is 10.1. The highest BCUT2D eigenvalue weighted by molar-refractivity contribution is 6.05. The Labute approximate surface area is 183 Å². The summed E-state index contributed by atoms with van der Waals surface area (Å²) in [5.41, 5.74) is 1.49. The second-order valence-corrected chi connectivity index (χ2v) is 6.98. The average molecular weight is 431 g/mol. The molecule has 0 saturated carbocycles. The van der Waals surface area contributed by atoms with Gasteiger partial charge in [0.15, 0.2) is 11.5 Å². The molecule has 0 fully saturated rings. The Kier molecular flexibility index (Phi) is 5.76. The molecule has 0 aliphatic carbocycles. The Morgan fingerprint density at radius 2 is 1.69 bits per heavy atom. The fraction of sp³-hybridized carbons (Fsp3) is 0.125. The molecule has 2 aromatic heterocycles. The van der Waals surface area contributed by atoms with Crippen molar-refractivity contribution in [3.63, 3.8) is 0 Å². The number of ether oxygens (including phenoxy) is 3. The molecule has 8 nitrogen and oxygen atoms in total. The molecule has 0 aliphatic rings. The maximum atomic E-state index is 12.5. The predicted octanol–water partition coefficient (Wildman–Crippen LogP) is 4.29. The van der Waals surface area contributed by atoms with E-state index in [1.165, 1.54) is 6.20 Å². The molecule has 0 atom stereocenters. The lowest BCUT2D eigenvalue weighted by Crippen LogP contribution is -2.24. The molecule has 2 heterocycles. The number of fused-ring (bicyclic) bond motifs is 1. The molecule has 8 heteroatoms. The second kappa shape index (κ2) is 8.81. The van der Waals surface area contributed by atoms with E-state index >= 15 is 0 Å². The molecule has 0 bridgehead atoms. The van der Waals surface area contributed by atoms with Crippen molar-refractivity contribution in [3.8, 4) is 23.0 Å². The summed E-state index contributed by atoms with van der Waals surface area (Å²) in [6.45, 7) is 1.71. The molecule has 0 unspecified atom stereocenters. The third-order valence-corrected chi connectivity index (χ3v) is 4.94. The quantitative estimate of drug-likeness (QED) is 0.472. The zero-order chi connectivity index (χ0) is 22.7. The van der Waals surface area contributed by atoms with Crippen molar-refractivity contribution in [3.05, 3.63) is 82.4 Å². The highest BCUT2D eigenvalue weighted by Crippen LogP contribution is 2.36. The van der Waals surface area contributed by atoms with Crippen LogP contribution in [0, 0.1) is 6.92 Å². The van der Waals surface area contributed by atoms with E-state index in [1.54, 1.807) is 69.8 Å². The summed E-state index contributed by atoms with van der Waals surface area (Å²) < 4.78 is 16.8. The van der Waals surface area contributed by atoms with Crippen LogP contribution in [0.3, 0.4) is 0 Å². The molecular formula is C24H21N3O5. The minimum Gasteiger partial charge on any atom is -0.493 e. The number of nitrogens with one attached hydrogen (secondary N) is 2. The van der Waals surface area contributed by atoms with Gasteiger partial charge in [-0.25, -0.2) is 0 Å². The number of amides is 1. The van der Waals surface area contributed by atoms with Gasteiger partial charge in [0.25, 0.3) is 11.5 Å². The molecule has 0 radical (unpaired) electrons. The van der Waals surface area contributed by atoms with E-state index in [9.17, 15) is 9.59 Å². The van der Waals surface area contributed by atoms with Crippen molar-refractivity contribution in [1.29, 1.82) is 0 Å². The normalized spacial score (nSPS) is 10.6. The smallest absolute Gasteiger partial charge is 0.261 e. The lowest BCUT2D eigenvalue weighted by Gasteiger charge is -2.13. The third-order valence-electron chi connectivity index (χ3n) is 4.94. The van der Waals surface area contributed by atoms with Crippen molar-refractivity contribution in [2.24, 2.45) is 0 Å². The van der Waals surface area contributed by atoms with Gasteiger partial charge in [-0.15, -0.1) is 0 Å². The number of pyridine rings is 2. The van der Waals surface area contributed by atoms with Gasteiger partial charge in [0.1, 0.15) is 17.1 Å². The van der Waals surface area contributed by atoms with E-state index in [2.05, 4.69) is 15.3 Å². The van der Waals surface area contributed by atoms with Gasteiger partial charge in [0.2, 0.25) is 0 Å². The van der Waals surface area contributed by atoms with Crippen LogP contribution in [0.2, 0.25) is 0 Å². The van der Waals surface area contributed by atoms with Gasteiger partial charge in [0, 0.05) is 29.5 Å². The minimum atomic E-state index is -0.473. The van der Waals surface area contributed by atoms with Gasteiger partial charge >= 0.3 is 0 Å². The number of aromatic nitrogens is 2. The van der Waals surface area contributed by atoms with Crippen molar-refractivity contribution in [1.82, 2.24) is 9.97 Å². The first kappa shape index (κ1) is 20.9. The molecule has 0 spiro atoms. The summed E-state index contributed by atoms with van der Waals surface area (Å²) >= 11 is 0. The Hall–Kier alpha value is -4.33. The largest absolute Gasteiger partial charge is 0.493 e. The van der Waals surface area contributed by atoms with E-state index in [-0.39, 0.29) is 5.56 Å². The fourth-order valence-electron chi connectivity index (χ4n) is 3.32. The monoisotopic (exact) mass is 431 g/mol. The first-order valence-corrected chi connectivity index (χ1v) is 9.78. The molecule has 1 amide bonds. The van der Waals surface area contributed by atoms with Crippen molar-refractivity contribution in [2.45, 2.75) is 6.92 Å². The zero-order valence-electron chi connectivity index (χ0n) is 17.8. The number of anilines is 1. The minimum absolute atomic E-state index is 0.0838. The molecule has 4 rings (SSSR count). The molecule has 0 saturated heterocycles. The number of hydrogen-bond donors (Lipinski definition) is 2. The fourth-order valence-corrected chi connectivity index (χ4v) is 3.32. The lowest BCUT2D eigenvalue weighted by molar-refractivity contribution is 0.102. The van der Waals surface area contributed by atoms with Gasteiger partial charge in [-0.05, 0) is 55.0 Å². The van der Waals surface area contributed by atoms with Gasteiger partial charge in [0.05, 0.1) is 19.7 Å². The van der Waals surface area contributed by atoms with Crippen LogP contribution in [-0.2, 0) is 0 Å². The van der Waals surface area contributed by atoms with Crippen LogP contribution in [0.4, 0.5) is 5.69 Å². The number of carbonyl (C=O) groups is 1. The topological polar surface area (TPSA) is 103 Å². The summed E-state index contributed by atoms with van der Waals surface area (Å²) in [6, 6.07) is 13.9. The number of hydrogen-bond acceptors (Lipinski definition) is 6. The maximum absolute atomic E-state index is 12.5. The molecule has 2 N–H and O–H groups in total. The number of nitrogens with zero attached hydrogens (tertiary/aromatic N) is 1. The van der Waals surface area contributed by atoms with E-state index in [4.69, 9.17) is 14.2 Å². The number of aromatic amines is 1. The summed E-state index contributed by atoms with van der Waals surface area (Å²) in [7, 11) is 3.14. The molecule has 2 aromatic carbocycles. The first-order valence-electron chi connectivity index (χ1n) is 9.78. The number of benzene rings is 2. The Balaban J connectivity index is 1.56. The van der Waals surface area contributed by atoms with E-state index < -0.39 is 11.5 Å². The van der Waals surface area contributed by atoms with Crippen molar-refractivity contribution >= 4 is 22.5 Å². The summed E-state index contributed by atoms with van der Waals surface area (Å²) in [5.74, 6) is 1.84. The van der Waals surface area contributed by atoms with Crippen LogP contribution in [0.1, 0.15) is 15.9 Å². The first-order chi connectivity index (χ1) is 15.5. The molecule has 0 aliphatic heterocycles. The Morgan fingerprint density at radius 3 is 2.38 bits per heavy atom. The standard InChI is InChI=1S/C24H21N3O5/c1-14-8-10-26-23(28)22(14)24(29)27-15-4-6-16(7-5-15)32-19-9-11-25-18-13-21(31-3)20(30-2)12-17(18)19/h4-13H,1-3H3,(H,26,28)(H,27,29). The van der Waals surface area contributed by atoms with Crippen molar-refractivity contribution < 1.29 is 19.0 Å². The number of H-pyrrole nitrogens is 1. The van der Waals surface area contributed by atoms with E-state index in [0.717, 1.165) is 5.39 Å². The highest BCUT2D eigenvalue weighted by Gasteiger charge is 2.14. The molecular weight excluding hydrogens is 410 g/mol. The molecule has 162 valence electrons. The van der Waals surface area contributed by atoms with Gasteiger partial charge in [-0.1, -0.05) is 0 Å². The zero-order valence-corrected chi connectivity index (χ0v) is 17.8. The van der Waals surface area contributed by atoms with E-state index in [1.807, 2.05) is 6.07 Å². The van der Waals surface area contributed by atoms with Gasteiger partial charge in [-0.2, -0.15) is 0 Å². The van der Waals surface area contributed by atoms with Gasteiger partial charge in [-0.3, -0.25) is 14.6 Å². The summed E-state index contributed by atoms with van der Waals surface area (Å²) in [4.78, 5) is 31.3. The number of methoxy groups -OCH3 is 2. The molecule has 32 heavy (non-hydrogen) atoms. The van der Waals surface area contributed by atoms with Crippen LogP contribution in [0.5, 0.6) is 23.0 Å².